The Balaban J connectivity index is 2.26. The lowest BCUT2D eigenvalue weighted by atomic mass is 9.96. The Kier molecular flexibility index (Phi) is 42.2. The van der Waals surface area contributed by atoms with Gasteiger partial charge in [-0.25, -0.2) is 4.79 Å². The summed E-state index contributed by atoms with van der Waals surface area (Å²) >= 11 is 0. The second-order valence-electron chi connectivity index (χ2n) is 29.5. The van der Waals surface area contributed by atoms with Crippen LogP contribution in [0.5, 0.6) is 0 Å². The van der Waals surface area contributed by atoms with Gasteiger partial charge < -0.3 is 112 Å². The van der Waals surface area contributed by atoms with Crippen molar-refractivity contribution in [3.05, 3.63) is 0 Å². The van der Waals surface area contributed by atoms with Crippen LogP contribution in [0.1, 0.15) is 199 Å². The Morgan fingerprint density at radius 3 is 1.21 bits per heavy atom. The number of carboxylic acid groups (broad SMARTS) is 2. The van der Waals surface area contributed by atoms with Gasteiger partial charge >= 0.3 is 11.9 Å². The summed E-state index contributed by atoms with van der Waals surface area (Å²) in [7, 11) is 0. The minimum Gasteiger partial charge on any atom is -0.481 e. The fourth-order valence-corrected chi connectivity index (χ4v) is 12.1. The van der Waals surface area contributed by atoms with E-state index in [0.717, 1.165) is 0 Å². The fraction of sp³-hybridized carbons (Fsp3) is 0.746. The van der Waals surface area contributed by atoms with Gasteiger partial charge in [-0.3, -0.25) is 81.5 Å². The number of aliphatic carboxylic acids is 2. The van der Waals surface area contributed by atoms with E-state index in [9.17, 15) is 96.5 Å². The van der Waals surface area contributed by atoms with Gasteiger partial charge in [0.15, 0.2) is 0 Å². The molecule has 39 nitrogen and oxygen atoms in total. The minimum atomic E-state index is -1.73. The number of nitrogens with one attached hydrogen (secondary N) is 12. The zero-order valence-corrected chi connectivity index (χ0v) is 65.6. The number of carboxylic acids is 2. The summed E-state index contributed by atoms with van der Waals surface area (Å²) in [5.41, 5.74) is 28.1. The number of unbranched alkanes of at least 4 members (excludes halogenated alkanes) is 2. The molecule has 2 heterocycles. The van der Waals surface area contributed by atoms with Crippen LogP contribution in [-0.2, 0) is 86.3 Å². The molecule has 0 radical (unpaired) electrons. The van der Waals surface area contributed by atoms with E-state index in [1.165, 1.54) is 37.5 Å². The third-order valence-corrected chi connectivity index (χ3v) is 19.1. The number of nitrogens with two attached hydrogens (primary N) is 5. The number of likely N-dealkylation sites (tertiary alicyclic amines) is 2. The van der Waals surface area contributed by atoms with Crippen molar-refractivity contribution in [2.75, 3.05) is 26.2 Å². The first-order valence-electron chi connectivity index (χ1n) is 37.9. The Morgan fingerprint density at radius 2 is 0.782 bits per heavy atom. The topological polar surface area (TPSA) is 629 Å². The summed E-state index contributed by atoms with van der Waals surface area (Å²) in [4.78, 5) is 244. The molecule has 39 heteroatoms. The second-order valence-corrected chi connectivity index (χ2v) is 29.5. The molecule has 0 aromatic rings. The van der Waals surface area contributed by atoms with Crippen molar-refractivity contribution in [3.63, 3.8) is 0 Å². The highest BCUT2D eigenvalue weighted by molar-refractivity contribution is 6.01. The van der Waals surface area contributed by atoms with E-state index < -0.39 is 229 Å². The van der Waals surface area contributed by atoms with Crippen molar-refractivity contribution in [2.24, 2.45) is 52.3 Å². The Hall–Kier alpha value is -9.66. The molecule has 0 aromatic heterocycles. The first-order chi connectivity index (χ1) is 51.5. The minimum absolute atomic E-state index is 0.0126. The maximum Gasteiger partial charge on any atom is 0.326 e. The molecule has 0 spiro atoms. The summed E-state index contributed by atoms with van der Waals surface area (Å²) in [5, 5.41) is 49.6. The van der Waals surface area contributed by atoms with Gasteiger partial charge in [0.1, 0.15) is 84.6 Å². The van der Waals surface area contributed by atoms with Gasteiger partial charge in [0, 0.05) is 32.4 Å². The van der Waals surface area contributed by atoms with Gasteiger partial charge in [-0.05, 0) is 154 Å². The number of amides is 16. The molecule has 622 valence electrons. The molecule has 16 atom stereocenters. The van der Waals surface area contributed by atoms with E-state index in [2.05, 4.69) is 63.8 Å². The van der Waals surface area contributed by atoms with Crippen LogP contribution in [0.2, 0.25) is 0 Å². The van der Waals surface area contributed by atoms with E-state index >= 15 is 0 Å². The predicted molar refractivity (Wildman–Crippen MR) is 399 cm³/mol. The molecule has 110 heavy (non-hydrogen) atoms. The lowest BCUT2D eigenvalue weighted by Gasteiger charge is -2.33. The van der Waals surface area contributed by atoms with E-state index in [1.54, 1.807) is 55.4 Å². The van der Waals surface area contributed by atoms with Crippen molar-refractivity contribution < 1.29 is 96.5 Å². The van der Waals surface area contributed by atoms with E-state index in [1.807, 2.05) is 0 Å². The van der Waals surface area contributed by atoms with E-state index in [0.29, 0.717) is 51.5 Å². The van der Waals surface area contributed by atoms with Crippen molar-refractivity contribution in [1.29, 1.82) is 0 Å². The first kappa shape index (κ1) is 96.4. The number of primary amides is 2. The van der Waals surface area contributed by atoms with E-state index in [-0.39, 0.29) is 82.3 Å². The van der Waals surface area contributed by atoms with Crippen molar-refractivity contribution in [1.82, 2.24) is 73.6 Å². The number of nitrogens with zero attached hydrogens (tertiary/aromatic N) is 2. The standard InChI is InChI=1S/C71H123N19O20/c1-13-38(8)56(88-66(104)54(76)36(4)5)68(106)79-41(11)58(96)81-44(24-27-51(74)91)61(99)80-42(12)69(107)90-33-19-23-50(90)70(108)89-32-18-22-49(89)65(103)87-55(37(6)7)67(105)78-40(10)57(95)82-45(25-28-52(75)92)63(101)84-46(26-29-53(93)94)60(98)77-39(9)59(97)86-48(34-35(2)3)64(102)83-43(20-14-16-30-72)62(100)85-47(71(109)110)21-15-17-31-73/h35-50,54-56H,13-34,72-73,76H2,1-12H3,(H2,74,91)(H2,75,92)(H,77,98)(H,78,105)(H,79,106)(H,80,99)(H,81,96)(H,82,95)(H,83,102)(H,84,101)(H,85,100)(H,86,97)(H,87,103)(H,88,104)(H,93,94)(H,109,110)/t38-,39-,40-,41-,42-,43-,44-,45-,46-,47-,48-,49-,50-,54-,55-,56-/m0/s1. The van der Waals surface area contributed by atoms with Crippen LogP contribution in [-0.4, -0.2) is 243 Å². The molecule has 2 saturated heterocycles. The Bertz CT molecular complexity index is 3210. The number of hydrogen-bond donors (Lipinski definition) is 19. The van der Waals surface area contributed by atoms with Crippen LogP contribution in [0.25, 0.3) is 0 Å². The van der Waals surface area contributed by atoms with E-state index in [4.69, 9.17) is 28.7 Å². The number of rotatable bonds is 50. The zero-order chi connectivity index (χ0) is 83.6. The smallest absolute Gasteiger partial charge is 0.326 e. The largest absolute Gasteiger partial charge is 0.481 e. The average molecular weight is 1560 g/mol. The maximum absolute atomic E-state index is 14.5. The lowest BCUT2D eigenvalue weighted by molar-refractivity contribution is -0.148. The van der Waals surface area contributed by atoms with Crippen molar-refractivity contribution >= 4 is 106 Å². The molecule has 2 fully saturated rings. The van der Waals surface area contributed by atoms with Crippen LogP contribution < -0.4 is 92.5 Å². The van der Waals surface area contributed by atoms with Crippen LogP contribution in [0.3, 0.4) is 0 Å². The number of carbonyl (C=O) groups is 18. The molecule has 16 amide bonds. The van der Waals surface area contributed by atoms with Crippen LogP contribution >= 0.6 is 0 Å². The van der Waals surface area contributed by atoms with Gasteiger partial charge in [0.05, 0.1) is 6.04 Å². The molecular weight excluding hydrogens is 1440 g/mol. The highest BCUT2D eigenvalue weighted by Crippen LogP contribution is 2.27. The predicted octanol–water partition coefficient (Wildman–Crippen LogP) is -4.66. The Labute approximate surface area is 642 Å². The number of hydrogen-bond acceptors (Lipinski definition) is 21. The highest BCUT2D eigenvalue weighted by atomic mass is 16.4. The Morgan fingerprint density at radius 1 is 0.400 bits per heavy atom. The normalized spacial score (nSPS) is 17.9. The van der Waals surface area contributed by atoms with Crippen LogP contribution in [0.4, 0.5) is 0 Å². The molecule has 24 N–H and O–H groups in total. The lowest BCUT2D eigenvalue weighted by Crippen LogP contribution is -2.60. The quantitative estimate of drug-likeness (QED) is 0.0255. The highest BCUT2D eigenvalue weighted by Gasteiger charge is 2.45. The zero-order valence-electron chi connectivity index (χ0n) is 65.6. The summed E-state index contributed by atoms with van der Waals surface area (Å²) in [5.74, 6) is -17.8. The van der Waals surface area contributed by atoms with Gasteiger partial charge in [-0.1, -0.05) is 61.8 Å². The number of carbonyl (C=O) groups excluding carboxylic acids is 16. The molecule has 2 rings (SSSR count). The van der Waals surface area contributed by atoms with Gasteiger partial charge in [-0.2, -0.15) is 0 Å². The van der Waals surface area contributed by atoms with Gasteiger partial charge in [0.2, 0.25) is 94.5 Å². The summed E-state index contributed by atoms with van der Waals surface area (Å²) < 4.78 is 0. The van der Waals surface area contributed by atoms with Crippen molar-refractivity contribution in [2.45, 2.75) is 289 Å². The second kappa shape index (κ2) is 48.1. The monoisotopic (exact) mass is 1560 g/mol. The first-order valence-corrected chi connectivity index (χ1v) is 37.9. The molecule has 2 aliphatic rings. The molecule has 2 aliphatic heterocycles. The molecule has 0 unspecified atom stereocenters. The maximum atomic E-state index is 14.5. The summed E-state index contributed by atoms with van der Waals surface area (Å²) in [6.07, 6.45) is 0.303. The molecule has 0 aliphatic carbocycles. The summed E-state index contributed by atoms with van der Waals surface area (Å²) in [6, 6.07) is -19.9. The molecule has 0 aromatic carbocycles. The SMILES string of the molecule is CC[C@H](C)[C@H](NC(=O)[C@@H](N)C(C)C)C(=O)N[C@@H](C)C(=O)N[C@@H](CCC(N)=O)C(=O)N[C@@H](C)C(=O)N1CCC[C@H]1C(=O)N1CCC[C@H]1C(=O)N[C@H](C(=O)N[C@@H](C)C(=O)N[C@@H](CCC(N)=O)C(=O)N[C@@H](CCC(=O)O)C(=O)N[C@@H](C)C(=O)N[C@@H](CC(C)C)C(=O)N[C@@H](CCCCN)C(=O)N[C@@H](CCCCN)C(=O)O)C(C)C. The molecule has 0 bridgehead atoms. The van der Waals surface area contributed by atoms with Crippen LogP contribution in [0.15, 0.2) is 0 Å². The summed E-state index contributed by atoms with van der Waals surface area (Å²) in [6.45, 7) is 19.5. The van der Waals surface area contributed by atoms with Crippen LogP contribution in [0, 0.1) is 23.7 Å². The van der Waals surface area contributed by atoms with Crippen molar-refractivity contribution in [3.8, 4) is 0 Å². The van der Waals surface area contributed by atoms with Gasteiger partial charge in [-0.15, -0.1) is 0 Å². The molecule has 0 saturated carbocycles. The fourth-order valence-electron chi connectivity index (χ4n) is 12.1. The van der Waals surface area contributed by atoms with Gasteiger partial charge in [0.25, 0.3) is 0 Å². The molecular formula is C71H123N19O20. The average Bonchev–Trinajstić information content (AvgIpc) is 1.64. The third kappa shape index (κ3) is 32.5. The third-order valence-electron chi connectivity index (χ3n) is 19.1.